The van der Waals surface area contributed by atoms with Crippen molar-refractivity contribution in [2.45, 2.75) is 0 Å². The Morgan fingerprint density at radius 2 is 1.33 bits per heavy atom. The van der Waals surface area contributed by atoms with Gasteiger partial charge in [-0.2, -0.15) is 0 Å². The van der Waals surface area contributed by atoms with Crippen LogP contribution in [0.25, 0.3) is 0 Å². The first-order chi connectivity index (χ1) is 2.73. The zero-order valence-electron chi connectivity index (χ0n) is 2.63. The van der Waals surface area contributed by atoms with Crippen LogP contribution in [0.5, 0.6) is 0 Å². The largest absolute Gasteiger partial charge is 0.298 e. The van der Waals surface area contributed by atoms with E-state index in [0.29, 0.717) is 15.1 Å². The van der Waals surface area contributed by atoms with Gasteiger partial charge in [0.15, 0.2) is 0 Å². The molecule has 0 aliphatic carbocycles. The number of hydrogen-bond acceptors (Lipinski definition) is 0. The lowest BCUT2D eigenvalue weighted by Crippen LogP contribution is -1.12. The minimum absolute atomic E-state index is 0.512. The van der Waals surface area contributed by atoms with E-state index in [0.717, 1.165) is 0 Å². The molecular formula is C3Cl3+. The van der Waals surface area contributed by atoms with E-state index < -0.39 is 0 Å². The normalized spacial score (nSPS) is 10.5. The Hall–Kier alpha value is 0.480. The third kappa shape index (κ3) is 0.494. The standard InChI is InChI=1S/C3Cl3/c4-1-2(5)3(1)6/q+1. The Morgan fingerprint density at radius 1 is 1.17 bits per heavy atom. The molecule has 0 bridgehead atoms. The molecule has 0 atom stereocenters. The molecule has 1 aromatic carbocycles. The van der Waals surface area contributed by atoms with Crippen molar-refractivity contribution in [3.63, 3.8) is 0 Å². The maximum atomic E-state index is 5.27. The molecule has 0 aliphatic rings. The van der Waals surface area contributed by atoms with E-state index >= 15 is 0 Å². The summed E-state index contributed by atoms with van der Waals surface area (Å²) in [4.78, 5) is 0. The molecule has 0 unspecified atom stereocenters. The molecule has 32 valence electrons. The predicted molar refractivity (Wildman–Crippen MR) is 28.3 cm³/mol. The van der Waals surface area contributed by atoms with Gasteiger partial charge in [-0.25, -0.2) is 0 Å². The van der Waals surface area contributed by atoms with Crippen molar-refractivity contribution in [1.29, 1.82) is 0 Å². The fraction of sp³-hybridized carbons (Fsp3) is 0. The summed E-state index contributed by atoms with van der Waals surface area (Å²) in [6, 6.07) is 0. The molecular weight excluding hydrogens is 142 g/mol. The average Bonchev–Trinajstić information content (AvgIpc) is 1.94. The molecule has 0 N–H and O–H groups in total. The van der Waals surface area contributed by atoms with E-state index in [1.165, 1.54) is 0 Å². The van der Waals surface area contributed by atoms with Gasteiger partial charge in [-0.15, -0.1) is 0 Å². The fourth-order valence-corrected chi connectivity index (χ4v) is 0.695. The van der Waals surface area contributed by atoms with E-state index in [1.807, 2.05) is 0 Å². The molecule has 0 aliphatic heterocycles. The summed E-state index contributed by atoms with van der Waals surface area (Å²) >= 11 is 15.8. The molecule has 1 rings (SSSR count). The third-order valence-electron chi connectivity index (χ3n) is 0.516. The highest BCUT2D eigenvalue weighted by molar-refractivity contribution is 6.58. The summed E-state index contributed by atoms with van der Waals surface area (Å²) in [6.45, 7) is 0. The van der Waals surface area contributed by atoms with Gasteiger partial charge in [0.1, 0.15) is 0 Å². The highest BCUT2D eigenvalue weighted by Gasteiger charge is 2.36. The molecule has 0 amide bonds. The molecule has 0 aromatic heterocycles. The Kier molecular flexibility index (Phi) is 0.945. The zero-order chi connectivity index (χ0) is 4.73. The van der Waals surface area contributed by atoms with Crippen LogP contribution >= 0.6 is 34.8 Å². The fourth-order valence-electron chi connectivity index (χ4n) is 0.124. The van der Waals surface area contributed by atoms with Crippen LogP contribution in [0.1, 0.15) is 0 Å². The zero-order valence-corrected chi connectivity index (χ0v) is 4.90. The minimum Gasteiger partial charge on any atom is 0.0355 e. The molecule has 0 nitrogen and oxygen atoms in total. The van der Waals surface area contributed by atoms with Gasteiger partial charge in [-0.05, 0) is 0 Å². The van der Waals surface area contributed by atoms with Gasteiger partial charge in [0.25, 0.3) is 15.1 Å². The summed E-state index contributed by atoms with van der Waals surface area (Å²) in [6.07, 6.45) is 0. The Balaban J connectivity index is 2.80. The molecule has 0 saturated carbocycles. The van der Waals surface area contributed by atoms with Crippen LogP contribution < -0.4 is 0 Å². The molecule has 0 fully saturated rings. The van der Waals surface area contributed by atoms with Gasteiger partial charge in [0.2, 0.25) is 0 Å². The topological polar surface area (TPSA) is 0 Å². The van der Waals surface area contributed by atoms with Crippen LogP contribution in [0.15, 0.2) is 0 Å². The van der Waals surface area contributed by atoms with Crippen molar-refractivity contribution in [1.82, 2.24) is 0 Å². The van der Waals surface area contributed by atoms with Crippen LogP contribution in [0.3, 0.4) is 0 Å². The van der Waals surface area contributed by atoms with Gasteiger partial charge < -0.3 is 0 Å². The lowest BCUT2D eigenvalue weighted by molar-refractivity contribution is 2.45. The monoisotopic (exact) mass is 141 g/mol. The first-order valence-corrected chi connectivity index (χ1v) is 2.45. The predicted octanol–water partition coefficient (Wildman–Crippen LogP) is 2.80. The maximum absolute atomic E-state index is 5.27. The van der Waals surface area contributed by atoms with Crippen LogP contribution in [0.2, 0.25) is 15.1 Å². The molecule has 0 radical (unpaired) electrons. The summed E-state index contributed by atoms with van der Waals surface area (Å²) in [5.74, 6) is 0. The van der Waals surface area contributed by atoms with Crippen LogP contribution in [-0.4, -0.2) is 0 Å². The second-order valence-corrected chi connectivity index (χ2v) is 2.08. The highest BCUT2D eigenvalue weighted by Crippen LogP contribution is 2.45. The maximum Gasteiger partial charge on any atom is 0.298 e. The molecule has 0 saturated heterocycles. The third-order valence-corrected chi connectivity index (χ3v) is 1.94. The minimum atomic E-state index is 0.512. The van der Waals surface area contributed by atoms with Gasteiger partial charge >= 0.3 is 0 Å². The summed E-state index contributed by atoms with van der Waals surface area (Å²) in [5.41, 5.74) is 0. The number of rotatable bonds is 0. The SMILES string of the molecule is Clc1c(Cl)[c+]1Cl. The van der Waals surface area contributed by atoms with Crippen molar-refractivity contribution in [2.24, 2.45) is 0 Å². The van der Waals surface area contributed by atoms with E-state index in [1.54, 1.807) is 0 Å². The Bertz CT molecular complexity index is 96.3. The van der Waals surface area contributed by atoms with Crippen molar-refractivity contribution in [2.75, 3.05) is 0 Å². The average molecular weight is 142 g/mol. The van der Waals surface area contributed by atoms with Gasteiger partial charge in [-0.1, -0.05) is 0 Å². The second kappa shape index (κ2) is 1.22. The van der Waals surface area contributed by atoms with Crippen molar-refractivity contribution in [3.8, 4) is 0 Å². The Labute approximate surface area is 50.3 Å². The first kappa shape index (κ1) is 4.63. The van der Waals surface area contributed by atoms with E-state index in [9.17, 15) is 0 Å². The molecule has 3 heteroatoms. The van der Waals surface area contributed by atoms with Crippen LogP contribution in [0, 0.1) is 0 Å². The lowest BCUT2D eigenvalue weighted by atomic mass is 11.2. The number of hydrogen-bond donors (Lipinski definition) is 0. The number of halogens is 3. The summed E-state index contributed by atoms with van der Waals surface area (Å²) in [5, 5.41) is 1.54. The quantitative estimate of drug-likeness (QED) is 0.489. The van der Waals surface area contributed by atoms with E-state index in [2.05, 4.69) is 0 Å². The van der Waals surface area contributed by atoms with Crippen molar-refractivity contribution < 1.29 is 0 Å². The highest BCUT2D eigenvalue weighted by atomic mass is 35.5. The van der Waals surface area contributed by atoms with Crippen LogP contribution in [0.4, 0.5) is 0 Å². The molecule has 6 heavy (non-hydrogen) atoms. The van der Waals surface area contributed by atoms with E-state index in [4.69, 9.17) is 34.8 Å². The summed E-state index contributed by atoms with van der Waals surface area (Å²) in [7, 11) is 0. The lowest BCUT2D eigenvalue weighted by Gasteiger charge is -1.28. The van der Waals surface area contributed by atoms with Gasteiger partial charge in [0, 0.05) is 34.8 Å². The summed E-state index contributed by atoms with van der Waals surface area (Å²) < 4.78 is 0. The Morgan fingerprint density at radius 3 is 1.33 bits per heavy atom. The van der Waals surface area contributed by atoms with Crippen molar-refractivity contribution >= 4 is 34.8 Å². The molecule has 1 aromatic rings. The molecule has 0 spiro atoms. The van der Waals surface area contributed by atoms with Gasteiger partial charge in [-0.3, -0.25) is 0 Å². The first-order valence-electron chi connectivity index (χ1n) is 1.32. The smallest absolute Gasteiger partial charge is 0.0355 e. The van der Waals surface area contributed by atoms with Gasteiger partial charge in [0.05, 0.1) is 0 Å². The van der Waals surface area contributed by atoms with Crippen LogP contribution in [-0.2, 0) is 0 Å². The van der Waals surface area contributed by atoms with E-state index in [-0.39, 0.29) is 0 Å². The molecule has 0 heterocycles. The van der Waals surface area contributed by atoms with Crippen molar-refractivity contribution in [3.05, 3.63) is 15.1 Å². The second-order valence-electron chi connectivity index (χ2n) is 0.942.